The summed E-state index contributed by atoms with van der Waals surface area (Å²) in [5.41, 5.74) is -0.451. The number of hydrogen-bond acceptors (Lipinski definition) is 4. The lowest BCUT2D eigenvalue weighted by Crippen LogP contribution is -2.30. The highest BCUT2D eigenvalue weighted by atomic mass is 19.4. The molecular formula is C16H19F3N4O. The van der Waals surface area contributed by atoms with Crippen molar-refractivity contribution in [2.24, 2.45) is 0 Å². The minimum absolute atomic E-state index is 0.109. The van der Waals surface area contributed by atoms with Gasteiger partial charge in [0.25, 0.3) is 5.56 Å². The van der Waals surface area contributed by atoms with Crippen molar-refractivity contribution in [2.75, 3.05) is 39.1 Å². The molecule has 0 unspecified atom stereocenters. The second-order valence-electron chi connectivity index (χ2n) is 5.76. The molecule has 0 amide bonds. The van der Waals surface area contributed by atoms with E-state index >= 15 is 0 Å². The van der Waals surface area contributed by atoms with E-state index in [4.69, 9.17) is 0 Å². The number of aromatic amines is 1. The third kappa shape index (κ3) is 4.35. The molecule has 130 valence electrons. The van der Waals surface area contributed by atoms with Gasteiger partial charge in [-0.3, -0.25) is 4.79 Å². The lowest BCUT2D eigenvalue weighted by Gasteiger charge is -2.25. The average molecular weight is 340 g/mol. The molecule has 1 N–H and O–H groups in total. The molecule has 0 fully saturated rings. The molecule has 0 spiro atoms. The molecule has 0 aliphatic carbocycles. The van der Waals surface area contributed by atoms with E-state index < -0.39 is 17.3 Å². The van der Waals surface area contributed by atoms with Crippen molar-refractivity contribution in [1.82, 2.24) is 15.1 Å². The number of benzene rings is 1. The van der Waals surface area contributed by atoms with Gasteiger partial charge in [-0.15, -0.1) is 0 Å². The number of likely N-dealkylation sites (N-methyl/N-ethyl adjacent to an activating group) is 2. The standard InChI is InChI=1S/C16H19F3N4O/c1-22(2)8-9-23(3)14-6-4-11(10-12(14)16(17,18)19)13-5-7-15(24)21-20-13/h4-7,10H,8-9H2,1-3H3,(H,21,24). The molecule has 0 saturated heterocycles. The van der Waals surface area contributed by atoms with Crippen LogP contribution in [0.2, 0.25) is 0 Å². The molecule has 0 aliphatic rings. The number of rotatable bonds is 5. The molecule has 1 aromatic carbocycles. The van der Waals surface area contributed by atoms with Gasteiger partial charge in [-0.1, -0.05) is 6.07 Å². The highest BCUT2D eigenvalue weighted by Crippen LogP contribution is 2.38. The fourth-order valence-corrected chi connectivity index (χ4v) is 2.23. The maximum Gasteiger partial charge on any atom is 0.418 e. The zero-order chi connectivity index (χ0) is 17.9. The van der Waals surface area contributed by atoms with Crippen LogP contribution in [0.1, 0.15) is 5.56 Å². The minimum Gasteiger partial charge on any atom is -0.373 e. The van der Waals surface area contributed by atoms with Crippen LogP contribution in [0.15, 0.2) is 35.1 Å². The molecule has 0 bridgehead atoms. The third-order valence-corrected chi connectivity index (χ3v) is 3.57. The number of H-pyrrole nitrogens is 1. The average Bonchev–Trinajstić information content (AvgIpc) is 2.52. The van der Waals surface area contributed by atoms with Crippen LogP contribution >= 0.6 is 0 Å². The normalized spacial score (nSPS) is 11.8. The highest BCUT2D eigenvalue weighted by Gasteiger charge is 2.35. The first kappa shape index (κ1) is 18.0. The number of nitrogens with one attached hydrogen (secondary N) is 1. The summed E-state index contributed by atoms with van der Waals surface area (Å²) in [7, 11) is 5.36. The molecule has 8 heteroatoms. The summed E-state index contributed by atoms with van der Waals surface area (Å²) < 4.78 is 40.4. The number of nitrogens with zero attached hydrogens (tertiary/aromatic N) is 3. The van der Waals surface area contributed by atoms with Crippen molar-refractivity contribution in [1.29, 1.82) is 0 Å². The minimum atomic E-state index is -4.49. The first-order valence-corrected chi connectivity index (χ1v) is 7.31. The Hall–Kier alpha value is -2.35. The number of hydrogen-bond donors (Lipinski definition) is 1. The molecule has 0 radical (unpaired) electrons. The predicted octanol–water partition coefficient (Wildman–Crippen LogP) is 2.45. The van der Waals surface area contributed by atoms with Crippen LogP contribution in [0.5, 0.6) is 0 Å². The molecule has 2 aromatic rings. The van der Waals surface area contributed by atoms with E-state index in [9.17, 15) is 18.0 Å². The molecule has 0 saturated carbocycles. The fraction of sp³-hybridized carbons (Fsp3) is 0.375. The van der Waals surface area contributed by atoms with Gasteiger partial charge in [-0.2, -0.15) is 18.3 Å². The van der Waals surface area contributed by atoms with Gasteiger partial charge in [0.05, 0.1) is 11.3 Å². The van der Waals surface area contributed by atoms with E-state index in [2.05, 4.69) is 10.2 Å². The summed E-state index contributed by atoms with van der Waals surface area (Å²) in [4.78, 5) is 14.5. The van der Waals surface area contributed by atoms with E-state index in [1.807, 2.05) is 19.0 Å². The molecule has 5 nitrogen and oxygen atoms in total. The van der Waals surface area contributed by atoms with Crippen LogP contribution in [0.3, 0.4) is 0 Å². The Morgan fingerprint density at radius 2 is 1.79 bits per heavy atom. The van der Waals surface area contributed by atoms with E-state index in [1.54, 1.807) is 18.0 Å². The lowest BCUT2D eigenvalue weighted by molar-refractivity contribution is -0.137. The van der Waals surface area contributed by atoms with E-state index in [0.717, 1.165) is 6.07 Å². The van der Waals surface area contributed by atoms with Gasteiger partial charge in [-0.05, 0) is 32.3 Å². The largest absolute Gasteiger partial charge is 0.418 e. The van der Waals surface area contributed by atoms with Crippen molar-refractivity contribution in [2.45, 2.75) is 6.18 Å². The Balaban J connectivity index is 2.42. The number of anilines is 1. The lowest BCUT2D eigenvalue weighted by atomic mass is 10.0. The summed E-state index contributed by atoms with van der Waals surface area (Å²) in [5.74, 6) is 0. The topological polar surface area (TPSA) is 52.2 Å². The Kier molecular flexibility index (Phi) is 5.28. The molecule has 24 heavy (non-hydrogen) atoms. The molecule has 2 rings (SSSR count). The summed E-state index contributed by atoms with van der Waals surface area (Å²) in [6, 6.07) is 6.68. The highest BCUT2D eigenvalue weighted by molar-refractivity contribution is 5.67. The van der Waals surface area contributed by atoms with Crippen LogP contribution in [0, 0.1) is 0 Å². The van der Waals surface area contributed by atoms with Crippen LogP contribution in [0.4, 0.5) is 18.9 Å². The Bertz CT molecular complexity index is 735. The van der Waals surface area contributed by atoms with Gasteiger partial charge < -0.3 is 9.80 Å². The second kappa shape index (κ2) is 7.04. The van der Waals surface area contributed by atoms with Gasteiger partial charge in [0.15, 0.2) is 0 Å². The van der Waals surface area contributed by atoms with Crippen LogP contribution in [-0.2, 0) is 6.18 Å². The van der Waals surface area contributed by atoms with Crippen LogP contribution in [-0.4, -0.2) is 49.3 Å². The quantitative estimate of drug-likeness (QED) is 0.908. The van der Waals surface area contributed by atoms with Crippen molar-refractivity contribution >= 4 is 5.69 Å². The number of aromatic nitrogens is 2. The van der Waals surface area contributed by atoms with Crippen LogP contribution < -0.4 is 10.5 Å². The summed E-state index contributed by atoms with van der Waals surface area (Å²) in [5, 5.41) is 6.00. The van der Waals surface area contributed by atoms with Gasteiger partial charge in [0, 0.05) is 37.5 Å². The van der Waals surface area contributed by atoms with Crippen molar-refractivity contribution in [3.8, 4) is 11.3 Å². The molecular weight excluding hydrogens is 321 g/mol. The van der Waals surface area contributed by atoms with Gasteiger partial charge in [0.1, 0.15) is 0 Å². The maximum atomic E-state index is 13.5. The Labute approximate surface area is 137 Å². The Morgan fingerprint density at radius 1 is 1.08 bits per heavy atom. The van der Waals surface area contributed by atoms with Gasteiger partial charge in [0.2, 0.25) is 0 Å². The van der Waals surface area contributed by atoms with E-state index in [0.29, 0.717) is 18.7 Å². The first-order valence-electron chi connectivity index (χ1n) is 7.31. The van der Waals surface area contributed by atoms with Crippen LogP contribution in [0.25, 0.3) is 11.3 Å². The zero-order valence-electron chi connectivity index (χ0n) is 13.7. The summed E-state index contributed by atoms with van der Waals surface area (Å²) >= 11 is 0. The second-order valence-corrected chi connectivity index (χ2v) is 5.76. The Morgan fingerprint density at radius 3 is 2.33 bits per heavy atom. The number of alkyl halides is 3. The maximum absolute atomic E-state index is 13.5. The smallest absolute Gasteiger partial charge is 0.373 e. The summed E-state index contributed by atoms with van der Waals surface area (Å²) in [6.07, 6.45) is -4.49. The molecule has 1 aromatic heterocycles. The molecule has 1 heterocycles. The monoisotopic (exact) mass is 340 g/mol. The molecule has 0 atom stereocenters. The predicted molar refractivity (Wildman–Crippen MR) is 87.1 cm³/mol. The van der Waals surface area contributed by atoms with Gasteiger partial charge >= 0.3 is 6.18 Å². The zero-order valence-corrected chi connectivity index (χ0v) is 13.7. The summed E-state index contributed by atoms with van der Waals surface area (Å²) in [6.45, 7) is 1.10. The van der Waals surface area contributed by atoms with Crippen molar-refractivity contribution < 1.29 is 13.2 Å². The molecule has 0 aliphatic heterocycles. The fourth-order valence-electron chi connectivity index (χ4n) is 2.23. The van der Waals surface area contributed by atoms with E-state index in [-0.39, 0.29) is 11.4 Å². The van der Waals surface area contributed by atoms with Gasteiger partial charge in [-0.25, -0.2) is 5.10 Å². The number of halogens is 3. The van der Waals surface area contributed by atoms with Crippen molar-refractivity contribution in [3.05, 3.63) is 46.2 Å². The third-order valence-electron chi connectivity index (χ3n) is 3.57. The SMILES string of the molecule is CN(C)CCN(C)c1ccc(-c2ccc(=O)[nH]n2)cc1C(F)(F)F. The first-order chi connectivity index (χ1) is 11.2. The van der Waals surface area contributed by atoms with E-state index in [1.165, 1.54) is 18.2 Å². The van der Waals surface area contributed by atoms with Crippen molar-refractivity contribution in [3.63, 3.8) is 0 Å².